The Morgan fingerprint density at radius 1 is 1.04 bits per heavy atom. The van der Waals surface area contributed by atoms with Crippen LogP contribution in [0, 0.1) is 0 Å². The summed E-state index contributed by atoms with van der Waals surface area (Å²) < 4.78 is 5.13. The smallest absolute Gasteiger partial charge is 0.255 e. The molecule has 2 aromatic carbocycles. The largest absolute Gasteiger partial charge is 0.497 e. The van der Waals surface area contributed by atoms with Gasteiger partial charge in [-0.2, -0.15) is 0 Å². The van der Waals surface area contributed by atoms with Crippen LogP contribution in [-0.4, -0.2) is 18.0 Å². The van der Waals surface area contributed by atoms with Crippen molar-refractivity contribution in [3.63, 3.8) is 0 Å². The van der Waals surface area contributed by atoms with Gasteiger partial charge in [0.25, 0.3) is 5.91 Å². The first kappa shape index (κ1) is 16.8. The minimum absolute atomic E-state index is 0.226. The summed E-state index contributed by atoms with van der Waals surface area (Å²) in [6.07, 6.45) is 1.59. The number of nitrogens with one attached hydrogen (secondary N) is 2. The molecule has 0 aliphatic heterocycles. The lowest BCUT2D eigenvalue weighted by atomic mass is 10.2. The summed E-state index contributed by atoms with van der Waals surface area (Å²) >= 11 is 5.96. The summed E-state index contributed by atoms with van der Waals surface area (Å²) in [7, 11) is 1.56. The minimum atomic E-state index is -0.226. The quantitative estimate of drug-likeness (QED) is 0.695. The number of hydrogen-bond acceptors (Lipinski definition) is 4. The third kappa shape index (κ3) is 4.49. The first-order valence-electron chi connectivity index (χ1n) is 7.58. The molecule has 0 radical (unpaired) electrons. The van der Waals surface area contributed by atoms with Crippen molar-refractivity contribution in [1.29, 1.82) is 0 Å². The molecular weight excluding hydrogens is 338 g/mol. The van der Waals surface area contributed by atoms with E-state index in [-0.39, 0.29) is 5.91 Å². The normalized spacial score (nSPS) is 10.2. The average molecular weight is 354 g/mol. The Hall–Kier alpha value is -3.05. The molecule has 5 nitrogen and oxygen atoms in total. The fraction of sp³-hybridized carbons (Fsp3) is 0.0526. The van der Waals surface area contributed by atoms with E-state index in [1.54, 1.807) is 55.8 Å². The Morgan fingerprint density at radius 3 is 2.60 bits per heavy atom. The van der Waals surface area contributed by atoms with Gasteiger partial charge in [-0.05, 0) is 48.5 Å². The Morgan fingerprint density at radius 2 is 1.88 bits per heavy atom. The maximum Gasteiger partial charge on any atom is 0.255 e. The molecule has 0 aliphatic carbocycles. The van der Waals surface area contributed by atoms with Crippen LogP contribution < -0.4 is 15.4 Å². The van der Waals surface area contributed by atoms with Gasteiger partial charge in [-0.1, -0.05) is 23.7 Å². The third-order valence-electron chi connectivity index (χ3n) is 3.45. The van der Waals surface area contributed by atoms with Crippen molar-refractivity contribution in [2.45, 2.75) is 0 Å². The van der Waals surface area contributed by atoms with Crippen LogP contribution in [0.5, 0.6) is 5.75 Å². The number of amides is 1. The Balaban J connectivity index is 1.66. The summed E-state index contributed by atoms with van der Waals surface area (Å²) in [5, 5.41) is 6.60. The van der Waals surface area contributed by atoms with Gasteiger partial charge in [0, 0.05) is 16.3 Å². The van der Waals surface area contributed by atoms with Crippen LogP contribution >= 0.6 is 11.6 Å². The predicted molar refractivity (Wildman–Crippen MR) is 99.9 cm³/mol. The van der Waals surface area contributed by atoms with Gasteiger partial charge < -0.3 is 15.4 Å². The van der Waals surface area contributed by atoms with Crippen LogP contribution in [0.1, 0.15) is 10.4 Å². The van der Waals surface area contributed by atoms with Gasteiger partial charge in [0.05, 0.1) is 19.0 Å². The van der Waals surface area contributed by atoms with Gasteiger partial charge in [0.15, 0.2) is 0 Å². The molecule has 126 valence electrons. The number of halogens is 1. The molecule has 1 amide bonds. The Labute approximate surface area is 150 Å². The molecular formula is C19H16ClN3O2. The predicted octanol–water partition coefficient (Wildman–Crippen LogP) is 4.74. The molecule has 0 bridgehead atoms. The van der Waals surface area contributed by atoms with Gasteiger partial charge in [0.2, 0.25) is 0 Å². The third-order valence-corrected chi connectivity index (χ3v) is 3.69. The second kappa shape index (κ2) is 7.68. The van der Waals surface area contributed by atoms with Crippen molar-refractivity contribution in [3.05, 3.63) is 77.4 Å². The van der Waals surface area contributed by atoms with E-state index in [0.717, 1.165) is 5.69 Å². The lowest BCUT2D eigenvalue weighted by Crippen LogP contribution is -2.12. The molecule has 0 aliphatic rings. The highest BCUT2D eigenvalue weighted by Gasteiger charge is 2.07. The first-order valence-corrected chi connectivity index (χ1v) is 7.96. The van der Waals surface area contributed by atoms with Crippen molar-refractivity contribution in [2.75, 3.05) is 17.7 Å². The fourth-order valence-electron chi connectivity index (χ4n) is 2.22. The number of aromatic nitrogens is 1. The maximum atomic E-state index is 12.3. The molecule has 1 heterocycles. The van der Waals surface area contributed by atoms with Gasteiger partial charge in [0.1, 0.15) is 11.6 Å². The number of methoxy groups -OCH3 is 1. The number of carbonyl (C=O) groups excluding carboxylic acids is 1. The Bertz CT molecular complexity index is 882. The zero-order valence-corrected chi connectivity index (χ0v) is 14.2. The topological polar surface area (TPSA) is 63.2 Å². The molecule has 1 aromatic heterocycles. The zero-order chi connectivity index (χ0) is 17.6. The van der Waals surface area contributed by atoms with Crippen molar-refractivity contribution in [2.24, 2.45) is 0 Å². The molecule has 0 fully saturated rings. The van der Waals surface area contributed by atoms with E-state index >= 15 is 0 Å². The number of nitrogens with zero attached hydrogens (tertiary/aromatic N) is 1. The number of ether oxygens (including phenoxy) is 1. The molecule has 0 spiro atoms. The Kier molecular flexibility index (Phi) is 5.16. The van der Waals surface area contributed by atoms with Crippen molar-refractivity contribution in [3.8, 4) is 5.75 Å². The highest BCUT2D eigenvalue weighted by atomic mass is 35.5. The lowest BCUT2D eigenvalue weighted by molar-refractivity contribution is 0.102. The van der Waals surface area contributed by atoms with Crippen LogP contribution in [0.4, 0.5) is 17.2 Å². The monoisotopic (exact) mass is 353 g/mol. The fourth-order valence-corrected chi connectivity index (χ4v) is 2.41. The molecule has 0 saturated heterocycles. The number of carbonyl (C=O) groups is 1. The minimum Gasteiger partial charge on any atom is -0.497 e. The van der Waals surface area contributed by atoms with Crippen molar-refractivity contribution < 1.29 is 9.53 Å². The van der Waals surface area contributed by atoms with E-state index in [9.17, 15) is 4.79 Å². The molecule has 0 atom stereocenters. The van der Waals surface area contributed by atoms with Gasteiger partial charge in [-0.3, -0.25) is 4.79 Å². The van der Waals surface area contributed by atoms with E-state index < -0.39 is 0 Å². The summed E-state index contributed by atoms with van der Waals surface area (Å²) in [4.78, 5) is 16.6. The van der Waals surface area contributed by atoms with E-state index in [4.69, 9.17) is 16.3 Å². The van der Waals surface area contributed by atoms with Crippen LogP contribution in [0.3, 0.4) is 0 Å². The zero-order valence-electron chi connectivity index (χ0n) is 13.5. The molecule has 0 unspecified atom stereocenters. The van der Waals surface area contributed by atoms with E-state index in [2.05, 4.69) is 15.6 Å². The van der Waals surface area contributed by atoms with Crippen LogP contribution in [0.15, 0.2) is 66.9 Å². The summed E-state index contributed by atoms with van der Waals surface area (Å²) in [5.41, 5.74) is 1.96. The first-order chi connectivity index (χ1) is 12.1. The maximum absolute atomic E-state index is 12.3. The highest BCUT2D eigenvalue weighted by molar-refractivity contribution is 6.30. The second-order valence-corrected chi connectivity index (χ2v) is 5.69. The van der Waals surface area contributed by atoms with E-state index in [0.29, 0.717) is 27.8 Å². The molecule has 0 saturated carbocycles. The molecule has 3 rings (SSSR count). The SMILES string of the molecule is COc1cccc(C(=O)Nc2ccc(Nc3cccc(Cl)c3)nc2)c1. The van der Waals surface area contributed by atoms with Crippen LogP contribution in [0.2, 0.25) is 5.02 Å². The standard InChI is InChI=1S/C19H16ClN3O2/c1-25-17-7-2-4-13(10-17)19(24)23-16-8-9-18(21-12-16)22-15-6-3-5-14(20)11-15/h2-12H,1H3,(H,21,22)(H,23,24). The number of hydrogen-bond donors (Lipinski definition) is 2. The molecule has 2 N–H and O–H groups in total. The van der Waals surface area contributed by atoms with E-state index in [1.165, 1.54) is 0 Å². The number of rotatable bonds is 5. The van der Waals surface area contributed by atoms with Gasteiger partial charge in [-0.15, -0.1) is 0 Å². The number of benzene rings is 2. The van der Waals surface area contributed by atoms with Crippen LogP contribution in [0.25, 0.3) is 0 Å². The highest BCUT2D eigenvalue weighted by Crippen LogP contribution is 2.20. The second-order valence-electron chi connectivity index (χ2n) is 5.25. The average Bonchev–Trinajstić information content (AvgIpc) is 2.63. The lowest BCUT2D eigenvalue weighted by Gasteiger charge is -2.09. The number of pyridine rings is 1. The van der Waals surface area contributed by atoms with Crippen molar-refractivity contribution in [1.82, 2.24) is 4.98 Å². The summed E-state index contributed by atoms with van der Waals surface area (Å²) in [6.45, 7) is 0. The summed E-state index contributed by atoms with van der Waals surface area (Å²) in [5.74, 6) is 1.06. The van der Waals surface area contributed by atoms with Gasteiger partial charge in [-0.25, -0.2) is 4.98 Å². The van der Waals surface area contributed by atoms with Gasteiger partial charge >= 0.3 is 0 Å². The van der Waals surface area contributed by atoms with E-state index in [1.807, 2.05) is 18.2 Å². The summed E-state index contributed by atoms with van der Waals surface area (Å²) in [6, 6.07) is 17.9. The molecule has 25 heavy (non-hydrogen) atoms. The van der Waals surface area contributed by atoms with Crippen molar-refractivity contribution >= 4 is 34.7 Å². The molecule has 3 aromatic rings. The van der Waals surface area contributed by atoms with Crippen LogP contribution in [-0.2, 0) is 0 Å². The molecule has 6 heteroatoms. The number of anilines is 3.